The van der Waals surface area contributed by atoms with Gasteiger partial charge >= 0.3 is 5.97 Å². The number of carboxylic acid groups (broad SMARTS) is 1. The summed E-state index contributed by atoms with van der Waals surface area (Å²) >= 11 is 0. The van der Waals surface area contributed by atoms with Crippen LogP contribution in [-0.2, 0) is 4.79 Å². The highest BCUT2D eigenvalue weighted by molar-refractivity contribution is 5.77. The van der Waals surface area contributed by atoms with Gasteiger partial charge in [0.05, 0.1) is 0 Å². The number of nitrogens with zero attached hydrogens (tertiary/aromatic N) is 2. The summed E-state index contributed by atoms with van der Waals surface area (Å²) in [7, 11) is 0. The number of anilines is 1. The predicted molar refractivity (Wildman–Crippen MR) is 56.9 cm³/mol. The number of hydrogen-bond donors (Lipinski definition) is 1. The summed E-state index contributed by atoms with van der Waals surface area (Å²) in [6.45, 7) is 0.786. The molecule has 0 amide bonds. The van der Waals surface area contributed by atoms with Crippen LogP contribution in [0.2, 0.25) is 0 Å². The Morgan fingerprint density at radius 2 is 2.33 bits per heavy atom. The smallest absolute Gasteiger partial charge is 0.326 e. The van der Waals surface area contributed by atoms with Gasteiger partial charge in [-0.25, -0.2) is 9.78 Å². The van der Waals surface area contributed by atoms with E-state index in [0.717, 1.165) is 25.2 Å². The van der Waals surface area contributed by atoms with E-state index in [1.54, 1.807) is 6.20 Å². The van der Waals surface area contributed by atoms with E-state index in [4.69, 9.17) is 5.11 Å². The van der Waals surface area contributed by atoms with E-state index in [9.17, 15) is 4.79 Å². The molecule has 4 heteroatoms. The Morgan fingerprint density at radius 3 is 3.00 bits per heavy atom. The predicted octanol–water partition coefficient (Wildman–Crippen LogP) is 1.53. The Balaban J connectivity index is 2.22. The lowest BCUT2D eigenvalue weighted by molar-refractivity contribution is -0.139. The summed E-state index contributed by atoms with van der Waals surface area (Å²) in [6, 6.07) is 5.18. The second-order valence-electron chi connectivity index (χ2n) is 3.73. The molecule has 1 aromatic rings. The molecule has 15 heavy (non-hydrogen) atoms. The van der Waals surface area contributed by atoms with Crippen LogP contribution < -0.4 is 4.90 Å². The summed E-state index contributed by atoms with van der Waals surface area (Å²) < 4.78 is 0. The molecule has 1 aliphatic heterocycles. The summed E-state index contributed by atoms with van der Waals surface area (Å²) in [4.78, 5) is 17.1. The number of rotatable bonds is 2. The van der Waals surface area contributed by atoms with E-state index in [1.165, 1.54) is 0 Å². The molecule has 1 saturated heterocycles. The molecule has 80 valence electrons. The fourth-order valence-corrected chi connectivity index (χ4v) is 1.99. The monoisotopic (exact) mass is 206 g/mol. The van der Waals surface area contributed by atoms with E-state index < -0.39 is 12.0 Å². The molecule has 0 radical (unpaired) electrons. The van der Waals surface area contributed by atoms with Crippen molar-refractivity contribution in [3.63, 3.8) is 0 Å². The molecule has 1 aliphatic rings. The van der Waals surface area contributed by atoms with Gasteiger partial charge in [0, 0.05) is 12.7 Å². The zero-order valence-electron chi connectivity index (χ0n) is 8.47. The Hall–Kier alpha value is -1.58. The second kappa shape index (κ2) is 4.29. The van der Waals surface area contributed by atoms with E-state index in [0.29, 0.717) is 6.42 Å². The van der Waals surface area contributed by atoms with Gasteiger partial charge in [0.15, 0.2) is 0 Å². The summed E-state index contributed by atoms with van der Waals surface area (Å²) in [5.74, 6) is 0.0185. The summed E-state index contributed by atoms with van der Waals surface area (Å²) in [5, 5.41) is 9.10. The number of hydrogen-bond acceptors (Lipinski definition) is 3. The third-order valence-electron chi connectivity index (χ3n) is 2.73. The molecule has 1 aromatic heterocycles. The third kappa shape index (κ3) is 2.09. The van der Waals surface area contributed by atoms with Gasteiger partial charge in [0.2, 0.25) is 0 Å². The molecule has 0 aliphatic carbocycles. The lowest BCUT2D eigenvalue weighted by Crippen LogP contribution is -2.45. The second-order valence-corrected chi connectivity index (χ2v) is 3.73. The van der Waals surface area contributed by atoms with Crippen molar-refractivity contribution in [1.82, 2.24) is 4.98 Å². The fraction of sp³-hybridized carbons (Fsp3) is 0.455. The number of pyridine rings is 1. The molecule has 2 heterocycles. The zero-order chi connectivity index (χ0) is 10.7. The molecule has 0 spiro atoms. The molecule has 4 nitrogen and oxygen atoms in total. The van der Waals surface area contributed by atoms with Crippen LogP contribution in [0.1, 0.15) is 19.3 Å². The van der Waals surface area contributed by atoms with Crippen molar-refractivity contribution >= 4 is 11.8 Å². The first-order valence-electron chi connectivity index (χ1n) is 5.19. The van der Waals surface area contributed by atoms with Crippen LogP contribution >= 0.6 is 0 Å². The van der Waals surface area contributed by atoms with Crippen LogP contribution in [0, 0.1) is 0 Å². The van der Waals surface area contributed by atoms with E-state index in [2.05, 4.69) is 4.98 Å². The third-order valence-corrected chi connectivity index (χ3v) is 2.73. The Bertz CT molecular complexity index is 340. The van der Waals surface area contributed by atoms with Crippen molar-refractivity contribution in [3.05, 3.63) is 24.4 Å². The molecule has 2 rings (SSSR count). The quantitative estimate of drug-likeness (QED) is 0.797. The Morgan fingerprint density at radius 1 is 1.47 bits per heavy atom. The van der Waals surface area contributed by atoms with Crippen LogP contribution in [0.25, 0.3) is 0 Å². The van der Waals surface area contributed by atoms with Crippen molar-refractivity contribution in [2.75, 3.05) is 11.4 Å². The molecule has 1 fully saturated rings. The standard InChI is InChI=1S/C11H14N2O2/c14-11(15)9-5-2-4-8-13(9)10-6-1-3-7-12-10/h1,3,6-7,9H,2,4-5,8H2,(H,14,15)/t9-/m1/s1. The SMILES string of the molecule is O=C(O)[C@H]1CCCCN1c1ccccn1. The minimum absolute atomic E-state index is 0.409. The van der Waals surface area contributed by atoms with Crippen molar-refractivity contribution in [2.45, 2.75) is 25.3 Å². The maximum Gasteiger partial charge on any atom is 0.326 e. The highest BCUT2D eigenvalue weighted by Crippen LogP contribution is 2.22. The van der Waals surface area contributed by atoms with Crippen LogP contribution in [-0.4, -0.2) is 28.6 Å². The molecule has 1 N–H and O–H groups in total. The van der Waals surface area contributed by atoms with Crippen LogP contribution in [0.4, 0.5) is 5.82 Å². The number of piperidine rings is 1. The number of aromatic nitrogens is 1. The van der Waals surface area contributed by atoms with Gasteiger partial charge in [0.25, 0.3) is 0 Å². The maximum atomic E-state index is 11.1. The van der Waals surface area contributed by atoms with Crippen molar-refractivity contribution in [3.8, 4) is 0 Å². The zero-order valence-corrected chi connectivity index (χ0v) is 8.47. The first-order chi connectivity index (χ1) is 7.29. The highest BCUT2D eigenvalue weighted by Gasteiger charge is 2.28. The first-order valence-corrected chi connectivity index (χ1v) is 5.19. The molecule has 0 unspecified atom stereocenters. The van der Waals surface area contributed by atoms with Gasteiger partial charge in [-0.2, -0.15) is 0 Å². The van der Waals surface area contributed by atoms with Crippen molar-refractivity contribution in [2.24, 2.45) is 0 Å². The van der Waals surface area contributed by atoms with Gasteiger partial charge in [0.1, 0.15) is 11.9 Å². The first kappa shape index (κ1) is 9.96. The van der Waals surface area contributed by atoms with Crippen LogP contribution in [0.15, 0.2) is 24.4 Å². The maximum absolute atomic E-state index is 11.1. The van der Waals surface area contributed by atoms with Gasteiger partial charge in [-0.3, -0.25) is 0 Å². The van der Waals surface area contributed by atoms with E-state index in [1.807, 2.05) is 23.1 Å². The molecular weight excluding hydrogens is 192 g/mol. The molecule has 0 saturated carbocycles. The summed E-state index contributed by atoms with van der Waals surface area (Å²) in [6.07, 6.45) is 4.44. The van der Waals surface area contributed by atoms with Crippen molar-refractivity contribution in [1.29, 1.82) is 0 Å². The highest BCUT2D eigenvalue weighted by atomic mass is 16.4. The van der Waals surface area contributed by atoms with Gasteiger partial charge in [-0.05, 0) is 31.4 Å². The number of carbonyl (C=O) groups is 1. The van der Waals surface area contributed by atoms with Crippen molar-refractivity contribution < 1.29 is 9.90 Å². The lowest BCUT2D eigenvalue weighted by atomic mass is 10.0. The molecular formula is C11H14N2O2. The van der Waals surface area contributed by atoms with Gasteiger partial charge < -0.3 is 10.0 Å². The fourth-order valence-electron chi connectivity index (χ4n) is 1.99. The van der Waals surface area contributed by atoms with Gasteiger partial charge in [-0.15, -0.1) is 0 Å². The van der Waals surface area contributed by atoms with Crippen LogP contribution in [0.5, 0.6) is 0 Å². The average Bonchev–Trinajstić information content (AvgIpc) is 2.30. The number of carboxylic acids is 1. The Kier molecular flexibility index (Phi) is 2.85. The minimum Gasteiger partial charge on any atom is -0.480 e. The van der Waals surface area contributed by atoms with Gasteiger partial charge in [-0.1, -0.05) is 6.07 Å². The molecule has 0 aromatic carbocycles. The van der Waals surface area contributed by atoms with E-state index in [-0.39, 0.29) is 0 Å². The topological polar surface area (TPSA) is 53.4 Å². The average molecular weight is 206 g/mol. The Labute approximate surface area is 88.6 Å². The molecule has 0 bridgehead atoms. The van der Waals surface area contributed by atoms with Crippen LogP contribution in [0.3, 0.4) is 0 Å². The largest absolute Gasteiger partial charge is 0.480 e. The molecule has 1 atom stereocenters. The normalized spacial score (nSPS) is 21.3. The lowest BCUT2D eigenvalue weighted by Gasteiger charge is -2.33. The summed E-state index contributed by atoms with van der Waals surface area (Å²) in [5.41, 5.74) is 0. The van der Waals surface area contributed by atoms with E-state index >= 15 is 0 Å². The minimum atomic E-state index is -0.750. The number of aliphatic carboxylic acids is 1.